The van der Waals surface area contributed by atoms with Gasteiger partial charge in [-0.3, -0.25) is 5.32 Å². The first kappa shape index (κ1) is 7.29. The van der Waals surface area contributed by atoms with Gasteiger partial charge in [-0.05, 0) is 6.92 Å². The van der Waals surface area contributed by atoms with Gasteiger partial charge in [0.25, 0.3) is 0 Å². The van der Waals surface area contributed by atoms with E-state index in [1.165, 1.54) is 0 Å². The van der Waals surface area contributed by atoms with Crippen molar-refractivity contribution in [2.75, 3.05) is 6.54 Å². The summed E-state index contributed by atoms with van der Waals surface area (Å²) in [5.74, 6) is 0. The Morgan fingerprint density at radius 1 is 1.75 bits per heavy atom. The van der Waals surface area contributed by atoms with Crippen LogP contribution >= 0.6 is 0 Å². The second-order valence-corrected chi connectivity index (χ2v) is 1.12. The first-order chi connectivity index (χ1) is 3.68. The summed E-state index contributed by atoms with van der Waals surface area (Å²) in [6.45, 7) is 1.80. The lowest BCUT2D eigenvalue weighted by molar-refractivity contribution is -1.09. The lowest BCUT2D eigenvalue weighted by Gasteiger charge is -1.91. The SMILES string of the molecule is CCNC(=O)[NH+](F)F. The number of hydrogen-bond donors (Lipinski definition) is 2. The fourth-order valence-electron chi connectivity index (χ4n) is 0.227. The lowest BCUT2D eigenvalue weighted by Crippen LogP contribution is -3.01. The summed E-state index contributed by atoms with van der Waals surface area (Å²) in [4.78, 5) is 9.84. The third-order valence-corrected chi connectivity index (χ3v) is 0.509. The monoisotopic (exact) mass is 125 g/mol. The van der Waals surface area contributed by atoms with Gasteiger partial charge in [-0.2, -0.15) is 4.79 Å². The summed E-state index contributed by atoms with van der Waals surface area (Å²) in [7, 11) is 0. The van der Waals surface area contributed by atoms with Crippen LogP contribution < -0.4 is 10.7 Å². The van der Waals surface area contributed by atoms with E-state index in [1.807, 2.05) is 5.32 Å². The summed E-state index contributed by atoms with van der Waals surface area (Å²) in [6.07, 6.45) is 0. The van der Waals surface area contributed by atoms with Crippen molar-refractivity contribution in [2.45, 2.75) is 6.92 Å². The number of carbonyl (C=O) groups is 1. The van der Waals surface area contributed by atoms with Gasteiger partial charge in [0.05, 0.1) is 8.96 Å². The fraction of sp³-hybridized carbons (Fsp3) is 0.667. The van der Waals surface area contributed by atoms with Crippen LogP contribution in [0.25, 0.3) is 0 Å². The van der Waals surface area contributed by atoms with Crippen molar-refractivity contribution in [1.29, 1.82) is 0 Å². The van der Waals surface area contributed by atoms with Crippen LogP contribution in [0.4, 0.5) is 13.8 Å². The quantitative estimate of drug-likeness (QED) is 0.449. The van der Waals surface area contributed by atoms with Crippen LogP contribution in [0, 0.1) is 0 Å². The van der Waals surface area contributed by atoms with Crippen molar-refractivity contribution in [3.05, 3.63) is 0 Å². The second kappa shape index (κ2) is 3.31. The molecule has 0 aliphatic rings. The minimum Gasteiger partial charge on any atom is -0.300 e. The van der Waals surface area contributed by atoms with Gasteiger partial charge >= 0.3 is 6.03 Å². The molecule has 0 saturated carbocycles. The van der Waals surface area contributed by atoms with E-state index in [4.69, 9.17) is 0 Å². The molecule has 0 atom stereocenters. The van der Waals surface area contributed by atoms with E-state index < -0.39 is 11.4 Å². The number of nitrogens with one attached hydrogen (secondary N) is 2. The van der Waals surface area contributed by atoms with Crippen LogP contribution in [0.2, 0.25) is 0 Å². The largest absolute Gasteiger partial charge is 0.492 e. The van der Waals surface area contributed by atoms with Gasteiger partial charge < -0.3 is 0 Å². The fourth-order valence-corrected chi connectivity index (χ4v) is 0.227. The van der Waals surface area contributed by atoms with Gasteiger partial charge in [-0.15, -0.1) is 0 Å². The molecule has 0 spiro atoms. The molecule has 0 aliphatic heterocycles. The average Bonchev–Trinajstić information content (AvgIpc) is 1.67. The molecular weight excluding hydrogens is 118 g/mol. The number of hydrogen-bond acceptors (Lipinski definition) is 1. The number of rotatable bonds is 1. The molecule has 0 radical (unpaired) electrons. The second-order valence-electron chi connectivity index (χ2n) is 1.12. The first-order valence-electron chi connectivity index (χ1n) is 2.14. The van der Waals surface area contributed by atoms with Crippen molar-refractivity contribution >= 4 is 6.03 Å². The van der Waals surface area contributed by atoms with Gasteiger partial charge in [-0.1, -0.05) is 0 Å². The molecule has 0 aliphatic carbocycles. The molecule has 0 rings (SSSR count). The topological polar surface area (TPSA) is 33.5 Å². The Labute approximate surface area is 45.1 Å². The van der Waals surface area contributed by atoms with E-state index >= 15 is 0 Å². The zero-order valence-corrected chi connectivity index (χ0v) is 4.37. The Balaban J connectivity index is 3.33. The van der Waals surface area contributed by atoms with Crippen molar-refractivity contribution in [3.63, 3.8) is 0 Å². The maximum atomic E-state index is 11.1. The Hall–Kier alpha value is -0.710. The summed E-state index contributed by atoms with van der Waals surface area (Å²) >= 11 is 0. The highest BCUT2D eigenvalue weighted by molar-refractivity contribution is 5.62. The summed E-state index contributed by atoms with van der Waals surface area (Å²) in [5, 5.41) is -0.269. The maximum absolute atomic E-state index is 11.1. The number of carbonyl (C=O) groups excluding carboxylic acids is 1. The molecule has 0 unspecified atom stereocenters. The molecule has 48 valence electrons. The standard InChI is InChI=1S/C3H6F2N2O/c1-2-6-3(8)7(4)5/h2H2,1H3,(H,6,8)/p+1. The zero-order valence-electron chi connectivity index (χ0n) is 4.37. The minimum absolute atomic E-state index is 0.232. The highest BCUT2D eigenvalue weighted by atomic mass is 19.4. The van der Waals surface area contributed by atoms with E-state index in [2.05, 4.69) is 0 Å². The molecule has 0 fully saturated rings. The highest BCUT2D eigenvalue weighted by Crippen LogP contribution is 1.55. The van der Waals surface area contributed by atoms with E-state index in [0.717, 1.165) is 0 Å². The Bertz CT molecular complexity index is 85.4. The first-order valence-corrected chi connectivity index (χ1v) is 2.14. The molecule has 2 amide bonds. The van der Waals surface area contributed by atoms with E-state index in [1.54, 1.807) is 6.92 Å². The smallest absolute Gasteiger partial charge is 0.300 e. The van der Waals surface area contributed by atoms with Crippen LogP contribution in [0.5, 0.6) is 0 Å². The van der Waals surface area contributed by atoms with Crippen LogP contribution in [-0.2, 0) is 0 Å². The molecule has 5 heteroatoms. The Morgan fingerprint density at radius 2 is 2.25 bits per heavy atom. The van der Waals surface area contributed by atoms with E-state index in [9.17, 15) is 13.8 Å². The average molecular weight is 125 g/mol. The molecule has 0 aromatic rings. The molecule has 0 bridgehead atoms. The Morgan fingerprint density at radius 3 is 2.38 bits per heavy atom. The number of halogens is 2. The summed E-state index contributed by atoms with van der Waals surface area (Å²) in [6, 6.07) is -1.28. The van der Waals surface area contributed by atoms with Crippen LogP contribution in [0.15, 0.2) is 0 Å². The molecule has 2 N–H and O–H groups in total. The third kappa shape index (κ3) is 2.46. The lowest BCUT2D eigenvalue weighted by atomic mass is 10.7. The molecular formula is C3H7F2N2O+. The molecule has 0 aromatic heterocycles. The zero-order chi connectivity index (χ0) is 6.57. The number of quaternary nitrogens is 1. The highest BCUT2D eigenvalue weighted by Gasteiger charge is 2.16. The molecule has 0 aromatic carbocycles. The maximum Gasteiger partial charge on any atom is 0.492 e. The van der Waals surface area contributed by atoms with Gasteiger partial charge in [-0.25, -0.2) is 0 Å². The van der Waals surface area contributed by atoms with E-state index in [0.29, 0.717) is 0 Å². The van der Waals surface area contributed by atoms with Gasteiger partial charge in [0.1, 0.15) is 5.34 Å². The van der Waals surface area contributed by atoms with E-state index in [-0.39, 0.29) is 6.54 Å². The summed E-state index contributed by atoms with van der Waals surface area (Å²) < 4.78 is 22.2. The predicted octanol–water partition coefficient (Wildman–Crippen LogP) is -0.630. The number of amides is 2. The predicted molar refractivity (Wildman–Crippen MR) is 22.3 cm³/mol. The Kier molecular flexibility index (Phi) is 3.02. The normalized spacial score (nSPS) is 9.50. The van der Waals surface area contributed by atoms with Gasteiger partial charge in [0.15, 0.2) is 0 Å². The van der Waals surface area contributed by atoms with Crippen molar-refractivity contribution in [2.24, 2.45) is 0 Å². The van der Waals surface area contributed by atoms with Crippen molar-refractivity contribution < 1.29 is 19.1 Å². The van der Waals surface area contributed by atoms with Crippen LogP contribution in [-0.4, -0.2) is 12.6 Å². The molecule has 0 heterocycles. The molecule has 8 heavy (non-hydrogen) atoms. The molecule has 0 saturated heterocycles. The van der Waals surface area contributed by atoms with Crippen molar-refractivity contribution in [1.82, 2.24) is 5.32 Å². The van der Waals surface area contributed by atoms with Crippen LogP contribution in [0.1, 0.15) is 6.92 Å². The minimum atomic E-state index is -2.19. The molecule has 3 nitrogen and oxygen atoms in total. The van der Waals surface area contributed by atoms with Gasteiger partial charge in [0.2, 0.25) is 0 Å². The summed E-state index contributed by atoms with van der Waals surface area (Å²) in [5.41, 5.74) is 0. The van der Waals surface area contributed by atoms with Gasteiger partial charge in [0, 0.05) is 6.54 Å². The van der Waals surface area contributed by atoms with Crippen molar-refractivity contribution in [3.8, 4) is 0 Å². The van der Waals surface area contributed by atoms with Crippen LogP contribution in [0.3, 0.4) is 0 Å². The number of urea groups is 1. The third-order valence-electron chi connectivity index (χ3n) is 0.509.